The molecule has 3 aromatic heterocycles. The fourth-order valence-corrected chi connectivity index (χ4v) is 4.33. The predicted octanol–water partition coefficient (Wildman–Crippen LogP) is 1.22. The largest absolute Gasteiger partial charge is 0.457 e. The monoisotopic (exact) mass is 557 g/mol. The Hall–Kier alpha value is -3.10. The highest BCUT2D eigenvalue weighted by molar-refractivity contribution is 7.51. The second kappa shape index (κ2) is 10.2. The molecule has 4 heterocycles. The normalized spacial score (nSPS) is 22.5. The van der Waals surface area contributed by atoms with E-state index in [1.165, 1.54) is 0 Å². The van der Waals surface area contributed by atoms with Gasteiger partial charge in [-0.3, -0.25) is 13.9 Å². The highest BCUT2D eigenvalue weighted by Gasteiger charge is 2.60. The number of rotatable bonds is 8. The Morgan fingerprint density at radius 2 is 2.00 bits per heavy atom. The van der Waals surface area contributed by atoms with Crippen LogP contribution in [0, 0.1) is 20.8 Å². The number of carbonyl (C=O) groups excluding carboxylic acids is 1. The van der Waals surface area contributed by atoms with E-state index in [0.717, 1.165) is 35.7 Å². The van der Waals surface area contributed by atoms with Crippen molar-refractivity contribution in [2.75, 3.05) is 13.3 Å². The fourth-order valence-electron chi connectivity index (χ4n) is 3.90. The second-order valence-electron chi connectivity index (χ2n) is 9.03. The second-order valence-corrected chi connectivity index (χ2v) is 10.9. The first-order valence-electron chi connectivity index (χ1n) is 11.4. The Balaban J connectivity index is 1.41. The summed E-state index contributed by atoms with van der Waals surface area (Å²) in [5.41, 5.74) is 2.39. The van der Waals surface area contributed by atoms with Crippen LogP contribution < -0.4 is 5.69 Å². The molecule has 1 unspecified atom stereocenters. The Bertz CT molecular complexity index is 1490. The van der Waals surface area contributed by atoms with Gasteiger partial charge in [0.05, 0.1) is 18.7 Å². The summed E-state index contributed by atoms with van der Waals surface area (Å²) in [5.74, 6) is -4.42. The number of esters is 1. The Morgan fingerprint density at radius 1 is 1.29 bits per heavy atom. The first-order chi connectivity index (χ1) is 17.7. The van der Waals surface area contributed by atoms with Crippen LogP contribution in [0.15, 0.2) is 23.1 Å². The van der Waals surface area contributed by atoms with Crippen LogP contribution in [-0.2, 0) is 36.4 Å². The Kier molecular flexibility index (Phi) is 7.51. The zero-order valence-corrected chi connectivity index (χ0v) is 21.8. The smallest absolute Gasteiger partial charge is 0.350 e. The van der Waals surface area contributed by atoms with E-state index in [2.05, 4.69) is 19.6 Å². The van der Waals surface area contributed by atoms with Crippen molar-refractivity contribution < 1.29 is 42.1 Å². The van der Waals surface area contributed by atoms with Crippen LogP contribution in [0.1, 0.15) is 34.6 Å². The van der Waals surface area contributed by atoms with Crippen LogP contribution in [0.4, 0.5) is 8.78 Å². The van der Waals surface area contributed by atoms with Gasteiger partial charge in [0.15, 0.2) is 24.2 Å². The molecule has 0 radical (unpaired) electrons. The lowest BCUT2D eigenvalue weighted by molar-refractivity contribution is -0.144. The van der Waals surface area contributed by atoms with E-state index < -0.39 is 56.6 Å². The maximum Gasteiger partial charge on any atom is 0.350 e. The zero-order valence-electron chi connectivity index (χ0n) is 20.9. The summed E-state index contributed by atoms with van der Waals surface area (Å²) in [7, 11) is -4.02. The number of halogens is 2. The number of aliphatic hydroxyl groups excluding tert-OH is 1. The van der Waals surface area contributed by atoms with E-state index in [9.17, 15) is 32.9 Å². The number of hydrogen-bond donors (Lipinski definition) is 2. The molecular weight excluding hydrogens is 531 g/mol. The van der Waals surface area contributed by atoms with Gasteiger partial charge in [0.1, 0.15) is 6.10 Å². The molecule has 13 nitrogen and oxygen atoms in total. The van der Waals surface area contributed by atoms with Gasteiger partial charge in [-0.15, -0.1) is 5.10 Å². The van der Waals surface area contributed by atoms with Crippen LogP contribution in [-0.4, -0.2) is 71.5 Å². The standard InChI is InChI=1S/C22H26F2N5O8P/c1-11-7-17-26-16(27-29(17)13(3)12(11)2)10-35-18(30)8-14-5-6-28(21(32)25-14)20-22(23,24)19(31)15(37-20)9-36-38(4,33)34/h5-7,15,19-20,31H,8-10H2,1-4H3,(H,33,34)/t15-,19-,20-/m1/s1. The van der Waals surface area contributed by atoms with Gasteiger partial charge in [0.25, 0.3) is 0 Å². The van der Waals surface area contributed by atoms with Crippen LogP contribution in [0.5, 0.6) is 0 Å². The molecule has 0 amide bonds. The molecule has 1 aliphatic heterocycles. The SMILES string of the molecule is Cc1cc2nc(COC(=O)Cc3ccn([C@@H]4O[C@H](COP(C)(=O)O)[C@@H](O)C4(F)F)c(=O)n3)nn2c(C)c1C. The van der Waals surface area contributed by atoms with E-state index in [4.69, 9.17) is 9.47 Å². The van der Waals surface area contributed by atoms with Crippen molar-refractivity contribution in [2.45, 2.75) is 58.2 Å². The highest BCUT2D eigenvalue weighted by atomic mass is 31.2. The molecule has 2 N–H and O–H groups in total. The van der Waals surface area contributed by atoms with E-state index in [-0.39, 0.29) is 18.1 Å². The van der Waals surface area contributed by atoms with Gasteiger partial charge in [0.2, 0.25) is 6.23 Å². The van der Waals surface area contributed by atoms with Crippen molar-refractivity contribution in [1.82, 2.24) is 24.1 Å². The summed E-state index contributed by atoms with van der Waals surface area (Å²) in [4.78, 5) is 41.9. The number of fused-ring (bicyclic) bond motifs is 1. The van der Waals surface area contributed by atoms with Crippen LogP contribution >= 0.6 is 7.60 Å². The minimum Gasteiger partial charge on any atom is -0.457 e. The number of aromatic nitrogens is 5. The summed E-state index contributed by atoms with van der Waals surface area (Å²) in [5, 5.41) is 14.2. The van der Waals surface area contributed by atoms with E-state index in [1.807, 2.05) is 26.8 Å². The van der Waals surface area contributed by atoms with Gasteiger partial charge < -0.3 is 24.0 Å². The van der Waals surface area contributed by atoms with Gasteiger partial charge in [0, 0.05) is 18.6 Å². The van der Waals surface area contributed by atoms with Crippen LogP contribution in [0.25, 0.3) is 5.65 Å². The number of ether oxygens (including phenoxy) is 2. The van der Waals surface area contributed by atoms with Crippen LogP contribution in [0.2, 0.25) is 0 Å². The molecule has 1 saturated heterocycles. The quantitative estimate of drug-likeness (QED) is 0.302. The molecule has 16 heteroatoms. The third kappa shape index (κ3) is 5.66. The summed E-state index contributed by atoms with van der Waals surface area (Å²) >= 11 is 0. The van der Waals surface area contributed by atoms with E-state index in [1.54, 1.807) is 4.52 Å². The maximum atomic E-state index is 14.6. The van der Waals surface area contributed by atoms with E-state index in [0.29, 0.717) is 10.2 Å². The van der Waals surface area contributed by atoms with Crippen LogP contribution in [0.3, 0.4) is 0 Å². The molecule has 0 bridgehead atoms. The highest BCUT2D eigenvalue weighted by Crippen LogP contribution is 2.44. The summed E-state index contributed by atoms with van der Waals surface area (Å²) in [6.45, 7) is 5.63. The zero-order chi connectivity index (χ0) is 28.0. The van der Waals surface area contributed by atoms with Crippen molar-refractivity contribution in [1.29, 1.82) is 0 Å². The Morgan fingerprint density at radius 3 is 2.66 bits per heavy atom. The average molecular weight is 557 g/mol. The third-order valence-corrected chi connectivity index (χ3v) is 6.79. The first kappa shape index (κ1) is 27.9. The first-order valence-corrected chi connectivity index (χ1v) is 13.4. The van der Waals surface area contributed by atoms with Crippen molar-refractivity contribution >= 4 is 19.2 Å². The molecule has 0 spiro atoms. The lowest BCUT2D eigenvalue weighted by atomic mass is 10.1. The Labute approximate surface area is 214 Å². The minimum atomic E-state index is -4.02. The molecule has 1 fully saturated rings. The molecule has 1 aliphatic rings. The number of aliphatic hydroxyl groups is 1. The predicted molar refractivity (Wildman–Crippen MR) is 126 cm³/mol. The number of hydrogen-bond acceptors (Lipinski definition) is 10. The van der Waals surface area contributed by atoms with Crippen molar-refractivity contribution in [3.05, 3.63) is 57.2 Å². The topological polar surface area (TPSA) is 167 Å². The molecule has 0 saturated carbocycles. The maximum absolute atomic E-state index is 14.6. The molecule has 38 heavy (non-hydrogen) atoms. The minimum absolute atomic E-state index is 0.0461. The lowest BCUT2D eigenvalue weighted by Gasteiger charge is -2.21. The van der Waals surface area contributed by atoms with Gasteiger partial charge in [-0.25, -0.2) is 14.3 Å². The average Bonchev–Trinajstić information content (AvgIpc) is 3.33. The molecule has 3 aromatic rings. The van der Waals surface area contributed by atoms with Gasteiger partial charge in [-0.1, -0.05) is 0 Å². The van der Waals surface area contributed by atoms with Crippen molar-refractivity contribution in [2.24, 2.45) is 0 Å². The summed E-state index contributed by atoms with van der Waals surface area (Å²) in [6.07, 6.45) is -5.82. The summed E-state index contributed by atoms with van der Waals surface area (Å²) < 4.78 is 57.4. The number of alkyl halides is 2. The van der Waals surface area contributed by atoms with Gasteiger partial charge in [-0.2, -0.15) is 13.8 Å². The molecule has 4 rings (SSSR count). The van der Waals surface area contributed by atoms with Gasteiger partial charge in [-0.05, 0) is 44.0 Å². The molecular formula is C22H26F2N5O8P. The number of carbonyl (C=O) groups is 1. The molecule has 206 valence electrons. The van der Waals surface area contributed by atoms with Crippen molar-refractivity contribution in [3.8, 4) is 0 Å². The van der Waals surface area contributed by atoms with Gasteiger partial charge >= 0.3 is 25.2 Å². The third-order valence-electron chi connectivity index (χ3n) is 6.16. The van der Waals surface area contributed by atoms with E-state index >= 15 is 0 Å². The molecule has 0 aliphatic carbocycles. The fraction of sp³-hybridized carbons (Fsp3) is 0.500. The summed E-state index contributed by atoms with van der Waals surface area (Å²) in [6, 6.07) is 3.02. The molecule has 4 atom stereocenters. The number of nitrogens with zero attached hydrogens (tertiary/aromatic N) is 5. The number of pyridine rings is 1. The lowest BCUT2D eigenvalue weighted by Crippen LogP contribution is -2.42. The number of aryl methyl sites for hydroxylation is 2. The molecule has 0 aromatic carbocycles. The van der Waals surface area contributed by atoms with Crippen molar-refractivity contribution in [3.63, 3.8) is 0 Å².